The third-order valence-electron chi connectivity index (χ3n) is 6.21. The van der Waals surface area contributed by atoms with Crippen molar-refractivity contribution in [2.24, 2.45) is 0 Å². The lowest BCUT2D eigenvalue weighted by atomic mass is 9.99. The van der Waals surface area contributed by atoms with E-state index in [9.17, 15) is 8.42 Å². The molecule has 5 nitrogen and oxygen atoms in total. The van der Waals surface area contributed by atoms with Crippen molar-refractivity contribution in [2.45, 2.75) is 32.2 Å². The van der Waals surface area contributed by atoms with Gasteiger partial charge in [0.05, 0.1) is 5.75 Å². The molecule has 0 aromatic heterocycles. The second-order valence-corrected chi connectivity index (χ2v) is 11.5. The highest BCUT2D eigenvalue weighted by atomic mass is 35.5. The van der Waals surface area contributed by atoms with Crippen LogP contribution < -0.4 is 0 Å². The number of hydrogen-bond acceptors (Lipinski definition) is 4. The van der Waals surface area contributed by atoms with Gasteiger partial charge in [-0.1, -0.05) is 60.8 Å². The van der Waals surface area contributed by atoms with Crippen LogP contribution in [0.5, 0.6) is 0 Å². The third kappa shape index (κ3) is 7.56. The Bertz CT molecular complexity index is 940. The van der Waals surface area contributed by atoms with Crippen LogP contribution in [0.25, 0.3) is 11.1 Å². The van der Waals surface area contributed by atoms with Gasteiger partial charge in [0.2, 0.25) is 10.0 Å². The van der Waals surface area contributed by atoms with Crippen LogP contribution in [0.4, 0.5) is 0 Å². The maximum Gasteiger partial charge on any atom is 0.213 e. The summed E-state index contributed by atoms with van der Waals surface area (Å²) < 4.78 is 24.9. The Hall–Kier alpha value is -1.44. The molecule has 0 N–H and O–H groups in total. The van der Waals surface area contributed by atoms with Crippen molar-refractivity contribution in [2.75, 3.05) is 52.6 Å². The molecule has 0 amide bonds. The molecule has 1 aliphatic heterocycles. The molecule has 0 bridgehead atoms. The fourth-order valence-corrected chi connectivity index (χ4v) is 5.20. The molecule has 0 unspecified atom stereocenters. The standard InChI is InChI=1S/C25H36ClN3O2S/c1-27(2)32(30,31)20-8-4-3-7-15-28-16-18-29(19-17-28)21-23-9-5-6-10-25(23)22-11-13-24(26)14-12-22/h5-6,9-14H,3-4,7-8,15-21H2,1-2H3. The smallest absolute Gasteiger partial charge is 0.213 e. The molecule has 0 aliphatic carbocycles. The molecule has 0 spiro atoms. The highest BCUT2D eigenvalue weighted by Gasteiger charge is 2.18. The molecule has 0 radical (unpaired) electrons. The minimum atomic E-state index is -3.05. The van der Waals surface area contributed by atoms with E-state index in [0.29, 0.717) is 0 Å². The Labute approximate surface area is 199 Å². The average Bonchev–Trinajstić information content (AvgIpc) is 2.78. The largest absolute Gasteiger partial charge is 0.301 e. The minimum absolute atomic E-state index is 0.260. The molecule has 7 heteroatoms. The number of benzene rings is 2. The molecule has 1 saturated heterocycles. The number of sulfonamides is 1. The predicted molar refractivity (Wildman–Crippen MR) is 135 cm³/mol. The van der Waals surface area contributed by atoms with Crippen molar-refractivity contribution in [3.05, 3.63) is 59.1 Å². The molecule has 1 fully saturated rings. The molecule has 3 rings (SSSR count). The Morgan fingerprint density at radius 2 is 1.47 bits per heavy atom. The van der Waals surface area contributed by atoms with E-state index in [0.717, 1.165) is 70.0 Å². The van der Waals surface area contributed by atoms with Crippen LogP contribution in [0.1, 0.15) is 31.2 Å². The van der Waals surface area contributed by atoms with Gasteiger partial charge in [0.15, 0.2) is 0 Å². The molecule has 2 aromatic carbocycles. The van der Waals surface area contributed by atoms with Gasteiger partial charge >= 0.3 is 0 Å². The van der Waals surface area contributed by atoms with Gasteiger partial charge in [-0.15, -0.1) is 0 Å². The van der Waals surface area contributed by atoms with E-state index in [2.05, 4.69) is 46.2 Å². The zero-order chi connectivity index (χ0) is 23.0. The minimum Gasteiger partial charge on any atom is -0.301 e. The second kappa shape index (κ2) is 12.1. The van der Waals surface area contributed by atoms with Gasteiger partial charge in [0.25, 0.3) is 0 Å². The first-order valence-corrected chi connectivity index (χ1v) is 13.5. The fraction of sp³-hybridized carbons (Fsp3) is 0.520. The van der Waals surface area contributed by atoms with Crippen LogP contribution in [0.15, 0.2) is 48.5 Å². The Morgan fingerprint density at radius 3 is 2.16 bits per heavy atom. The molecule has 1 heterocycles. The number of unbranched alkanes of at least 4 members (excludes halogenated alkanes) is 3. The molecule has 0 saturated carbocycles. The summed E-state index contributed by atoms with van der Waals surface area (Å²) in [4.78, 5) is 5.08. The van der Waals surface area contributed by atoms with Crippen LogP contribution in [0, 0.1) is 0 Å². The topological polar surface area (TPSA) is 43.9 Å². The number of rotatable bonds is 11. The predicted octanol–water partition coefficient (Wildman–Crippen LogP) is 4.58. The quantitative estimate of drug-likeness (QED) is 0.444. The van der Waals surface area contributed by atoms with Gasteiger partial charge < -0.3 is 4.90 Å². The SMILES string of the molecule is CN(C)S(=O)(=O)CCCCCCN1CCN(Cc2ccccc2-c2ccc(Cl)cc2)CC1. The van der Waals surface area contributed by atoms with Crippen molar-refractivity contribution < 1.29 is 8.42 Å². The monoisotopic (exact) mass is 477 g/mol. The summed E-state index contributed by atoms with van der Waals surface area (Å²) in [6.45, 7) is 6.42. The summed E-state index contributed by atoms with van der Waals surface area (Å²) in [5, 5.41) is 0.765. The number of hydrogen-bond donors (Lipinski definition) is 0. The fourth-order valence-electron chi connectivity index (χ4n) is 4.14. The highest BCUT2D eigenvalue weighted by molar-refractivity contribution is 7.89. The molecular formula is C25H36ClN3O2S. The maximum atomic E-state index is 11.8. The first-order valence-electron chi connectivity index (χ1n) is 11.5. The van der Waals surface area contributed by atoms with Gasteiger partial charge in [-0.25, -0.2) is 12.7 Å². The number of halogens is 1. The van der Waals surface area contributed by atoms with E-state index in [1.54, 1.807) is 14.1 Å². The van der Waals surface area contributed by atoms with Gasteiger partial charge in [0, 0.05) is 51.8 Å². The molecular weight excluding hydrogens is 442 g/mol. The molecule has 1 aliphatic rings. The summed E-state index contributed by atoms with van der Waals surface area (Å²) in [5.41, 5.74) is 3.85. The lowest BCUT2D eigenvalue weighted by Gasteiger charge is -2.35. The molecule has 32 heavy (non-hydrogen) atoms. The summed E-state index contributed by atoms with van der Waals surface area (Å²) in [6, 6.07) is 16.7. The van der Waals surface area contributed by atoms with Gasteiger partial charge in [-0.2, -0.15) is 0 Å². The van der Waals surface area contributed by atoms with Crippen molar-refractivity contribution in [1.29, 1.82) is 0 Å². The first kappa shape index (κ1) is 25.2. The van der Waals surface area contributed by atoms with Gasteiger partial charge in [-0.3, -0.25) is 4.90 Å². The van der Waals surface area contributed by atoms with Crippen LogP contribution in [-0.4, -0.2) is 75.1 Å². The zero-order valence-corrected chi connectivity index (χ0v) is 20.9. The van der Waals surface area contributed by atoms with E-state index in [1.807, 2.05) is 12.1 Å². The lowest BCUT2D eigenvalue weighted by molar-refractivity contribution is 0.125. The van der Waals surface area contributed by atoms with Gasteiger partial charge in [-0.05, 0) is 48.2 Å². The van der Waals surface area contributed by atoms with E-state index >= 15 is 0 Å². The van der Waals surface area contributed by atoms with E-state index in [1.165, 1.54) is 21.0 Å². The van der Waals surface area contributed by atoms with Crippen LogP contribution in [-0.2, 0) is 16.6 Å². The Kier molecular flexibility index (Phi) is 9.56. The van der Waals surface area contributed by atoms with Crippen molar-refractivity contribution in [3.63, 3.8) is 0 Å². The maximum absolute atomic E-state index is 11.8. The normalized spacial score (nSPS) is 16.0. The third-order valence-corrected chi connectivity index (χ3v) is 8.38. The van der Waals surface area contributed by atoms with E-state index in [4.69, 9.17) is 11.6 Å². The number of nitrogens with zero attached hydrogens (tertiary/aromatic N) is 3. The van der Waals surface area contributed by atoms with Crippen LogP contribution in [0.3, 0.4) is 0 Å². The van der Waals surface area contributed by atoms with Crippen molar-refractivity contribution in [3.8, 4) is 11.1 Å². The van der Waals surface area contributed by atoms with Crippen LogP contribution in [0.2, 0.25) is 5.02 Å². The summed E-state index contributed by atoms with van der Waals surface area (Å²) >= 11 is 6.06. The van der Waals surface area contributed by atoms with Crippen LogP contribution >= 0.6 is 11.6 Å². The van der Waals surface area contributed by atoms with E-state index in [-0.39, 0.29) is 5.75 Å². The first-order chi connectivity index (χ1) is 15.3. The number of piperazine rings is 1. The average molecular weight is 478 g/mol. The summed E-state index contributed by atoms with van der Waals surface area (Å²) in [6.07, 6.45) is 3.97. The Morgan fingerprint density at radius 1 is 0.844 bits per heavy atom. The second-order valence-electron chi connectivity index (χ2n) is 8.79. The molecule has 176 valence electrons. The molecule has 0 atom stereocenters. The molecule has 2 aromatic rings. The lowest BCUT2D eigenvalue weighted by Crippen LogP contribution is -2.46. The highest BCUT2D eigenvalue weighted by Crippen LogP contribution is 2.26. The zero-order valence-electron chi connectivity index (χ0n) is 19.3. The summed E-state index contributed by atoms with van der Waals surface area (Å²) in [5.74, 6) is 0.260. The van der Waals surface area contributed by atoms with Gasteiger partial charge in [0.1, 0.15) is 0 Å². The Balaban J connectivity index is 1.38. The summed E-state index contributed by atoms with van der Waals surface area (Å²) in [7, 11) is 0.156. The van der Waals surface area contributed by atoms with Crippen molar-refractivity contribution in [1.82, 2.24) is 14.1 Å². The van der Waals surface area contributed by atoms with Crippen molar-refractivity contribution >= 4 is 21.6 Å². The van der Waals surface area contributed by atoms with E-state index < -0.39 is 10.0 Å².